The van der Waals surface area contributed by atoms with Gasteiger partial charge in [0, 0.05) is 23.8 Å². The summed E-state index contributed by atoms with van der Waals surface area (Å²) in [6.45, 7) is 6.37. The van der Waals surface area contributed by atoms with E-state index in [4.69, 9.17) is 0 Å². The maximum Gasteiger partial charge on any atom is 0.251 e. The van der Waals surface area contributed by atoms with Gasteiger partial charge in [0.1, 0.15) is 0 Å². The lowest BCUT2D eigenvalue weighted by Crippen LogP contribution is -2.31. The molecule has 1 aromatic rings. The largest absolute Gasteiger partial charge is 0.382 e. The molecule has 0 heterocycles. The molecule has 3 nitrogen and oxygen atoms in total. The molecule has 1 aliphatic carbocycles. The van der Waals surface area contributed by atoms with Crippen molar-refractivity contribution < 1.29 is 4.79 Å². The summed E-state index contributed by atoms with van der Waals surface area (Å²) in [5.41, 5.74) is 1.80. The Bertz CT molecular complexity index is 467. The zero-order chi connectivity index (χ0) is 15.1. The van der Waals surface area contributed by atoms with Crippen LogP contribution in [0.25, 0.3) is 0 Å². The van der Waals surface area contributed by atoms with Gasteiger partial charge in [0.15, 0.2) is 0 Å². The monoisotopic (exact) mass is 286 g/mol. The zero-order valence-corrected chi connectivity index (χ0v) is 12.9. The van der Waals surface area contributed by atoms with Crippen molar-refractivity contribution in [2.75, 3.05) is 11.9 Å². The molecule has 0 bridgehead atoms. The average Bonchev–Trinajstić information content (AvgIpc) is 2.54. The van der Waals surface area contributed by atoms with Gasteiger partial charge in [-0.25, -0.2) is 0 Å². The van der Waals surface area contributed by atoms with E-state index in [0.29, 0.717) is 18.2 Å². The molecule has 0 aliphatic heterocycles. The standard InChI is InChI=1S/C18H26N2O/c1-3-13-19-18(21)15-9-11-16(12-10-15)20-17-8-6-5-7-14(17)4-2/h3,9-12,14,17,20H,1,4-8,13H2,2H3,(H,19,21). The predicted molar refractivity (Wildman–Crippen MR) is 88.6 cm³/mol. The second kappa shape index (κ2) is 7.87. The van der Waals surface area contributed by atoms with Gasteiger partial charge in [0.2, 0.25) is 0 Å². The topological polar surface area (TPSA) is 41.1 Å². The van der Waals surface area contributed by atoms with Crippen molar-refractivity contribution >= 4 is 11.6 Å². The molecule has 0 spiro atoms. The van der Waals surface area contributed by atoms with Crippen LogP contribution in [0.2, 0.25) is 0 Å². The highest BCUT2D eigenvalue weighted by Crippen LogP contribution is 2.29. The fourth-order valence-electron chi connectivity index (χ4n) is 3.09. The van der Waals surface area contributed by atoms with Crippen molar-refractivity contribution in [3.05, 3.63) is 42.5 Å². The van der Waals surface area contributed by atoms with Gasteiger partial charge in [-0.1, -0.05) is 32.3 Å². The molecule has 2 unspecified atom stereocenters. The molecule has 2 N–H and O–H groups in total. The Labute approximate surface area is 127 Å². The molecule has 3 heteroatoms. The SMILES string of the molecule is C=CCNC(=O)c1ccc(NC2CCCCC2CC)cc1. The second-order valence-corrected chi connectivity index (χ2v) is 5.78. The number of carbonyl (C=O) groups excluding carboxylic acids is 1. The van der Waals surface area contributed by atoms with Crippen molar-refractivity contribution in [3.63, 3.8) is 0 Å². The average molecular weight is 286 g/mol. The van der Waals surface area contributed by atoms with Crippen LogP contribution in [0.5, 0.6) is 0 Å². The highest BCUT2D eigenvalue weighted by Gasteiger charge is 2.23. The molecule has 0 aromatic heterocycles. The first kappa shape index (κ1) is 15.6. The number of anilines is 1. The lowest BCUT2D eigenvalue weighted by atomic mass is 9.83. The molecule has 1 amide bonds. The number of benzene rings is 1. The van der Waals surface area contributed by atoms with Gasteiger partial charge in [-0.15, -0.1) is 6.58 Å². The summed E-state index contributed by atoms with van der Waals surface area (Å²) in [5.74, 6) is 0.722. The van der Waals surface area contributed by atoms with Crippen molar-refractivity contribution in [2.24, 2.45) is 5.92 Å². The normalized spacial score (nSPS) is 21.6. The van der Waals surface area contributed by atoms with Gasteiger partial charge in [-0.05, 0) is 43.0 Å². The minimum absolute atomic E-state index is 0.0504. The fraction of sp³-hybridized carbons (Fsp3) is 0.500. The van der Waals surface area contributed by atoms with Gasteiger partial charge < -0.3 is 10.6 Å². The summed E-state index contributed by atoms with van der Waals surface area (Å²) < 4.78 is 0. The van der Waals surface area contributed by atoms with Crippen LogP contribution in [0, 0.1) is 5.92 Å². The van der Waals surface area contributed by atoms with Crippen LogP contribution in [-0.4, -0.2) is 18.5 Å². The van der Waals surface area contributed by atoms with Crippen molar-refractivity contribution in [2.45, 2.75) is 45.1 Å². The molecule has 0 saturated heterocycles. The molecule has 2 atom stereocenters. The highest BCUT2D eigenvalue weighted by atomic mass is 16.1. The van der Waals surface area contributed by atoms with Crippen LogP contribution in [0.15, 0.2) is 36.9 Å². The quantitative estimate of drug-likeness (QED) is 0.777. The van der Waals surface area contributed by atoms with Crippen LogP contribution in [0.3, 0.4) is 0 Å². The molecule has 21 heavy (non-hydrogen) atoms. The van der Waals surface area contributed by atoms with Crippen LogP contribution in [0.4, 0.5) is 5.69 Å². The van der Waals surface area contributed by atoms with E-state index in [1.54, 1.807) is 6.08 Å². The molecule has 1 aliphatic rings. The summed E-state index contributed by atoms with van der Waals surface area (Å²) in [6, 6.07) is 8.34. The van der Waals surface area contributed by atoms with E-state index in [2.05, 4.69) is 24.1 Å². The van der Waals surface area contributed by atoms with Crippen LogP contribution in [0.1, 0.15) is 49.4 Å². The summed E-state index contributed by atoms with van der Waals surface area (Å²) in [6.07, 6.45) is 8.17. The molecular weight excluding hydrogens is 260 g/mol. The fourth-order valence-corrected chi connectivity index (χ4v) is 3.09. The van der Waals surface area contributed by atoms with Crippen LogP contribution < -0.4 is 10.6 Å². The predicted octanol–water partition coefficient (Wildman–Crippen LogP) is 3.98. The summed E-state index contributed by atoms with van der Waals surface area (Å²) in [7, 11) is 0. The van der Waals surface area contributed by atoms with E-state index in [0.717, 1.165) is 11.6 Å². The van der Waals surface area contributed by atoms with Gasteiger partial charge in [0.05, 0.1) is 0 Å². The first-order valence-corrected chi connectivity index (χ1v) is 8.00. The third-order valence-electron chi connectivity index (χ3n) is 4.34. The van der Waals surface area contributed by atoms with Crippen molar-refractivity contribution in [3.8, 4) is 0 Å². The highest BCUT2D eigenvalue weighted by molar-refractivity contribution is 5.94. The Balaban J connectivity index is 1.95. The molecule has 1 fully saturated rings. The first-order chi connectivity index (χ1) is 10.2. The minimum Gasteiger partial charge on any atom is -0.382 e. The summed E-state index contributed by atoms with van der Waals surface area (Å²) in [5, 5.41) is 6.43. The summed E-state index contributed by atoms with van der Waals surface area (Å²) in [4.78, 5) is 11.8. The number of hydrogen-bond donors (Lipinski definition) is 2. The first-order valence-electron chi connectivity index (χ1n) is 8.00. The lowest BCUT2D eigenvalue weighted by molar-refractivity contribution is 0.0958. The van der Waals surface area contributed by atoms with Crippen molar-refractivity contribution in [1.29, 1.82) is 0 Å². The third kappa shape index (κ3) is 4.35. The van der Waals surface area contributed by atoms with Crippen LogP contribution >= 0.6 is 0 Å². The number of carbonyl (C=O) groups is 1. The van der Waals surface area contributed by atoms with E-state index in [1.165, 1.54) is 32.1 Å². The number of nitrogens with one attached hydrogen (secondary N) is 2. The Kier molecular flexibility index (Phi) is 5.85. The van der Waals surface area contributed by atoms with Gasteiger partial charge in [0.25, 0.3) is 5.91 Å². The number of amides is 1. The van der Waals surface area contributed by atoms with E-state index < -0.39 is 0 Å². The van der Waals surface area contributed by atoms with Crippen molar-refractivity contribution in [1.82, 2.24) is 5.32 Å². The molecule has 114 valence electrons. The Hall–Kier alpha value is -1.77. The lowest BCUT2D eigenvalue weighted by Gasteiger charge is -2.32. The minimum atomic E-state index is -0.0504. The van der Waals surface area contributed by atoms with E-state index in [9.17, 15) is 4.79 Å². The second-order valence-electron chi connectivity index (χ2n) is 5.78. The molecule has 2 rings (SSSR count). The Morgan fingerprint density at radius 2 is 2.00 bits per heavy atom. The maximum absolute atomic E-state index is 11.8. The van der Waals surface area contributed by atoms with Crippen LogP contribution in [-0.2, 0) is 0 Å². The number of hydrogen-bond acceptors (Lipinski definition) is 2. The van der Waals surface area contributed by atoms with E-state index in [-0.39, 0.29) is 5.91 Å². The molecule has 1 saturated carbocycles. The summed E-state index contributed by atoms with van der Waals surface area (Å²) >= 11 is 0. The molecular formula is C18H26N2O. The van der Waals surface area contributed by atoms with E-state index in [1.807, 2.05) is 24.3 Å². The zero-order valence-electron chi connectivity index (χ0n) is 12.9. The van der Waals surface area contributed by atoms with Gasteiger partial charge in [-0.3, -0.25) is 4.79 Å². The van der Waals surface area contributed by atoms with Gasteiger partial charge >= 0.3 is 0 Å². The third-order valence-corrected chi connectivity index (χ3v) is 4.34. The Morgan fingerprint density at radius 1 is 1.29 bits per heavy atom. The maximum atomic E-state index is 11.8. The smallest absolute Gasteiger partial charge is 0.251 e. The van der Waals surface area contributed by atoms with E-state index >= 15 is 0 Å². The Morgan fingerprint density at radius 3 is 2.67 bits per heavy atom. The number of rotatable bonds is 6. The molecule has 1 aromatic carbocycles. The molecule has 0 radical (unpaired) electrons. The van der Waals surface area contributed by atoms with Gasteiger partial charge in [-0.2, -0.15) is 0 Å².